The third-order valence-corrected chi connectivity index (χ3v) is 4.39. The molecule has 0 aliphatic carbocycles. The number of nitrogens with zero attached hydrogens (tertiary/aromatic N) is 1. The number of benzene rings is 2. The first kappa shape index (κ1) is 20.1. The Morgan fingerprint density at radius 2 is 1.76 bits per heavy atom. The number of methoxy groups -OCH3 is 1. The van der Waals surface area contributed by atoms with Crippen LogP contribution in [0.2, 0.25) is 0 Å². The topological polar surface area (TPSA) is 82.1 Å². The molecule has 0 aromatic heterocycles. The number of rotatable bonds is 9. The van der Waals surface area contributed by atoms with Crippen LogP contribution in [0.5, 0.6) is 11.5 Å². The lowest BCUT2D eigenvalue weighted by Crippen LogP contribution is -2.31. The molecule has 2 aromatic rings. The SMILES string of the molecule is C=CCOc1ccc(C(=O)OCCCN2C(=O)c3ccccc3C2=O)cc1OC. The molecule has 0 saturated heterocycles. The minimum Gasteiger partial charge on any atom is -0.493 e. The lowest BCUT2D eigenvalue weighted by molar-refractivity contribution is 0.0482. The van der Waals surface area contributed by atoms with Crippen molar-refractivity contribution in [3.8, 4) is 11.5 Å². The quantitative estimate of drug-likeness (QED) is 0.281. The lowest BCUT2D eigenvalue weighted by Gasteiger charge is -2.14. The fourth-order valence-corrected chi connectivity index (χ4v) is 2.98. The van der Waals surface area contributed by atoms with Crippen LogP contribution in [-0.2, 0) is 4.74 Å². The van der Waals surface area contributed by atoms with E-state index in [1.165, 1.54) is 18.1 Å². The Morgan fingerprint density at radius 1 is 1.07 bits per heavy atom. The Hall–Kier alpha value is -3.61. The maximum absolute atomic E-state index is 12.3. The van der Waals surface area contributed by atoms with Crippen LogP contribution in [0, 0.1) is 0 Å². The van der Waals surface area contributed by atoms with E-state index >= 15 is 0 Å². The zero-order valence-corrected chi connectivity index (χ0v) is 16.1. The molecule has 2 amide bonds. The number of fused-ring (bicyclic) bond motifs is 1. The molecule has 0 N–H and O–H groups in total. The van der Waals surface area contributed by atoms with Gasteiger partial charge in [-0.2, -0.15) is 0 Å². The van der Waals surface area contributed by atoms with Gasteiger partial charge < -0.3 is 14.2 Å². The minimum atomic E-state index is -0.527. The molecule has 1 aliphatic heterocycles. The first-order chi connectivity index (χ1) is 14.1. The van der Waals surface area contributed by atoms with Crippen molar-refractivity contribution in [3.05, 3.63) is 71.8 Å². The van der Waals surface area contributed by atoms with Crippen molar-refractivity contribution in [1.29, 1.82) is 0 Å². The second kappa shape index (κ2) is 9.05. The number of amides is 2. The Morgan fingerprint density at radius 3 is 2.38 bits per heavy atom. The van der Waals surface area contributed by atoms with Gasteiger partial charge in [0.1, 0.15) is 6.61 Å². The summed E-state index contributed by atoms with van der Waals surface area (Å²) in [6.07, 6.45) is 1.95. The highest BCUT2D eigenvalue weighted by Gasteiger charge is 2.34. The molecule has 1 aliphatic rings. The highest BCUT2D eigenvalue weighted by molar-refractivity contribution is 6.21. The summed E-state index contributed by atoms with van der Waals surface area (Å²) in [6.45, 7) is 4.15. The third-order valence-electron chi connectivity index (χ3n) is 4.39. The number of hydrogen-bond donors (Lipinski definition) is 0. The Kier molecular flexibility index (Phi) is 6.29. The summed E-state index contributed by atoms with van der Waals surface area (Å²) in [4.78, 5) is 38.0. The van der Waals surface area contributed by atoms with Crippen LogP contribution in [0.15, 0.2) is 55.1 Å². The van der Waals surface area contributed by atoms with Crippen LogP contribution in [0.1, 0.15) is 37.5 Å². The highest BCUT2D eigenvalue weighted by Crippen LogP contribution is 2.28. The van der Waals surface area contributed by atoms with Crippen molar-refractivity contribution in [3.63, 3.8) is 0 Å². The van der Waals surface area contributed by atoms with Crippen LogP contribution >= 0.6 is 0 Å². The summed E-state index contributed by atoms with van der Waals surface area (Å²) in [5.74, 6) is -0.267. The van der Waals surface area contributed by atoms with Crippen molar-refractivity contribution >= 4 is 17.8 Å². The molecule has 0 unspecified atom stereocenters. The summed E-state index contributed by atoms with van der Waals surface area (Å²) in [6, 6.07) is 11.4. The predicted octanol–water partition coefficient (Wildman–Crippen LogP) is 3.10. The molecule has 7 heteroatoms. The molecule has 0 fully saturated rings. The smallest absolute Gasteiger partial charge is 0.338 e. The van der Waals surface area contributed by atoms with Gasteiger partial charge in [0.25, 0.3) is 11.8 Å². The fourth-order valence-electron chi connectivity index (χ4n) is 2.98. The summed E-state index contributed by atoms with van der Waals surface area (Å²) in [5, 5.41) is 0. The number of imide groups is 1. The molecule has 0 bridgehead atoms. The van der Waals surface area contributed by atoms with Gasteiger partial charge in [-0.3, -0.25) is 14.5 Å². The average Bonchev–Trinajstić information content (AvgIpc) is 2.99. The van der Waals surface area contributed by atoms with E-state index in [1.807, 2.05) is 0 Å². The van der Waals surface area contributed by atoms with Gasteiger partial charge in [0, 0.05) is 6.54 Å². The second-order valence-corrected chi connectivity index (χ2v) is 6.26. The summed E-state index contributed by atoms with van der Waals surface area (Å²) in [7, 11) is 1.48. The van der Waals surface area contributed by atoms with Gasteiger partial charge in [0.2, 0.25) is 0 Å². The Bertz CT molecular complexity index is 917. The van der Waals surface area contributed by atoms with Gasteiger partial charge in [-0.15, -0.1) is 0 Å². The summed E-state index contributed by atoms with van der Waals surface area (Å²) >= 11 is 0. The number of ether oxygens (including phenoxy) is 3. The van der Waals surface area contributed by atoms with E-state index in [9.17, 15) is 14.4 Å². The van der Waals surface area contributed by atoms with E-state index in [1.54, 1.807) is 42.5 Å². The normalized spacial score (nSPS) is 12.5. The summed E-state index contributed by atoms with van der Waals surface area (Å²) < 4.78 is 15.9. The van der Waals surface area contributed by atoms with E-state index in [4.69, 9.17) is 14.2 Å². The fraction of sp³-hybridized carbons (Fsp3) is 0.227. The average molecular weight is 395 g/mol. The molecule has 0 spiro atoms. The lowest BCUT2D eigenvalue weighted by atomic mass is 10.1. The maximum Gasteiger partial charge on any atom is 0.338 e. The van der Waals surface area contributed by atoms with E-state index in [2.05, 4.69) is 6.58 Å². The largest absolute Gasteiger partial charge is 0.493 e. The molecule has 3 rings (SSSR count). The first-order valence-corrected chi connectivity index (χ1v) is 9.11. The van der Waals surface area contributed by atoms with E-state index in [-0.39, 0.29) is 25.0 Å². The number of esters is 1. The summed E-state index contributed by atoms with van der Waals surface area (Å²) in [5.41, 5.74) is 1.12. The molecule has 1 heterocycles. The van der Waals surface area contributed by atoms with Crippen LogP contribution in [0.25, 0.3) is 0 Å². The third kappa shape index (κ3) is 4.29. The zero-order valence-electron chi connectivity index (χ0n) is 16.1. The Balaban J connectivity index is 1.52. The maximum atomic E-state index is 12.3. The van der Waals surface area contributed by atoms with Crippen molar-refractivity contribution in [2.24, 2.45) is 0 Å². The predicted molar refractivity (Wildman–Crippen MR) is 105 cm³/mol. The molecule has 7 nitrogen and oxygen atoms in total. The number of carbonyl (C=O) groups is 3. The molecule has 2 aromatic carbocycles. The standard InChI is InChI=1S/C22H21NO6/c1-3-12-28-18-10-9-15(14-19(18)27-2)22(26)29-13-6-11-23-20(24)16-7-4-5-8-17(16)21(23)25/h3-5,7-10,14H,1,6,11-13H2,2H3. The van der Waals surface area contributed by atoms with Gasteiger partial charge in [-0.1, -0.05) is 24.8 Å². The second-order valence-electron chi connectivity index (χ2n) is 6.26. The zero-order chi connectivity index (χ0) is 20.8. The Labute approximate surface area is 168 Å². The van der Waals surface area contributed by atoms with E-state index in [0.717, 1.165) is 0 Å². The number of carbonyl (C=O) groups excluding carboxylic acids is 3. The van der Waals surface area contributed by atoms with Crippen molar-refractivity contribution in [1.82, 2.24) is 4.90 Å². The van der Waals surface area contributed by atoms with E-state index < -0.39 is 5.97 Å². The van der Waals surface area contributed by atoms with Gasteiger partial charge >= 0.3 is 5.97 Å². The number of hydrogen-bond acceptors (Lipinski definition) is 6. The molecule has 0 saturated carbocycles. The molecule has 29 heavy (non-hydrogen) atoms. The van der Waals surface area contributed by atoms with Crippen molar-refractivity contribution in [2.45, 2.75) is 6.42 Å². The first-order valence-electron chi connectivity index (χ1n) is 9.11. The van der Waals surface area contributed by atoms with Gasteiger partial charge in [0.15, 0.2) is 11.5 Å². The highest BCUT2D eigenvalue weighted by atomic mass is 16.5. The van der Waals surface area contributed by atoms with Gasteiger partial charge in [-0.05, 0) is 36.8 Å². The van der Waals surface area contributed by atoms with Crippen molar-refractivity contribution in [2.75, 3.05) is 26.9 Å². The molecular formula is C22H21NO6. The van der Waals surface area contributed by atoms with Gasteiger partial charge in [0.05, 0.1) is 30.4 Å². The van der Waals surface area contributed by atoms with Crippen LogP contribution in [-0.4, -0.2) is 49.6 Å². The minimum absolute atomic E-state index is 0.0727. The monoisotopic (exact) mass is 395 g/mol. The molecule has 0 radical (unpaired) electrons. The molecule has 0 atom stereocenters. The van der Waals surface area contributed by atoms with Crippen LogP contribution in [0.3, 0.4) is 0 Å². The van der Waals surface area contributed by atoms with Crippen LogP contribution in [0.4, 0.5) is 0 Å². The van der Waals surface area contributed by atoms with Crippen LogP contribution < -0.4 is 9.47 Å². The van der Waals surface area contributed by atoms with E-state index in [0.29, 0.717) is 41.2 Å². The molecule has 150 valence electrons. The van der Waals surface area contributed by atoms with Crippen molar-refractivity contribution < 1.29 is 28.6 Å². The van der Waals surface area contributed by atoms with Gasteiger partial charge in [-0.25, -0.2) is 4.79 Å². The molecular weight excluding hydrogens is 374 g/mol.